The lowest BCUT2D eigenvalue weighted by Gasteiger charge is -2.27. The van der Waals surface area contributed by atoms with E-state index in [-0.39, 0.29) is 18.7 Å². The average Bonchev–Trinajstić information content (AvgIpc) is 3.05. The third kappa shape index (κ3) is 3.57. The van der Waals surface area contributed by atoms with Crippen molar-refractivity contribution < 1.29 is 24.0 Å². The molecule has 1 fully saturated rings. The molecular formula is C13H18N2O5. The van der Waals surface area contributed by atoms with E-state index in [9.17, 15) is 9.59 Å². The van der Waals surface area contributed by atoms with Gasteiger partial charge >= 0.3 is 5.97 Å². The highest BCUT2D eigenvalue weighted by atomic mass is 16.5. The summed E-state index contributed by atoms with van der Waals surface area (Å²) in [6.45, 7) is 1.71. The zero-order valence-corrected chi connectivity index (χ0v) is 11.5. The summed E-state index contributed by atoms with van der Waals surface area (Å²) in [6.07, 6.45) is 1.87. The topological polar surface area (TPSA) is 102 Å². The maximum atomic E-state index is 12.1. The Hall–Kier alpha value is -1.89. The maximum Gasteiger partial charge on any atom is 0.305 e. The van der Waals surface area contributed by atoms with Crippen LogP contribution in [0.1, 0.15) is 48.4 Å². The molecule has 0 aliphatic heterocycles. The van der Waals surface area contributed by atoms with Crippen LogP contribution in [-0.2, 0) is 9.53 Å². The number of carbonyl (C=O) groups is 2. The van der Waals surface area contributed by atoms with Crippen molar-refractivity contribution in [1.29, 1.82) is 0 Å². The summed E-state index contributed by atoms with van der Waals surface area (Å²) in [5, 5.41) is 15.3. The summed E-state index contributed by atoms with van der Waals surface area (Å²) < 4.78 is 10.1. The Kier molecular flexibility index (Phi) is 4.08. The smallest absolute Gasteiger partial charge is 0.305 e. The number of rotatable bonds is 7. The van der Waals surface area contributed by atoms with Gasteiger partial charge in [0.05, 0.1) is 18.6 Å². The second-order valence-electron chi connectivity index (χ2n) is 5.41. The Morgan fingerprint density at radius 2 is 2.30 bits per heavy atom. The highest BCUT2D eigenvalue weighted by Gasteiger charge is 2.32. The van der Waals surface area contributed by atoms with E-state index < -0.39 is 17.4 Å². The molecule has 1 saturated carbocycles. The first-order valence-corrected chi connectivity index (χ1v) is 6.43. The van der Waals surface area contributed by atoms with Crippen molar-refractivity contribution in [2.75, 3.05) is 13.7 Å². The number of ether oxygens (including phenoxy) is 1. The van der Waals surface area contributed by atoms with Crippen LogP contribution in [0.5, 0.6) is 0 Å². The van der Waals surface area contributed by atoms with Gasteiger partial charge in [0.15, 0.2) is 5.69 Å². The van der Waals surface area contributed by atoms with Gasteiger partial charge in [-0.2, -0.15) is 0 Å². The molecule has 7 heteroatoms. The van der Waals surface area contributed by atoms with Crippen LogP contribution < -0.4 is 5.32 Å². The highest BCUT2D eigenvalue weighted by molar-refractivity contribution is 5.93. The number of amides is 1. The summed E-state index contributed by atoms with van der Waals surface area (Å²) in [7, 11) is 1.45. The molecule has 1 aliphatic carbocycles. The first kappa shape index (κ1) is 14.5. The van der Waals surface area contributed by atoms with Crippen molar-refractivity contribution in [2.45, 2.75) is 37.6 Å². The van der Waals surface area contributed by atoms with Crippen molar-refractivity contribution in [2.24, 2.45) is 0 Å². The summed E-state index contributed by atoms with van der Waals surface area (Å²) >= 11 is 0. The van der Waals surface area contributed by atoms with Crippen molar-refractivity contribution in [1.82, 2.24) is 10.5 Å². The van der Waals surface area contributed by atoms with E-state index in [4.69, 9.17) is 14.4 Å². The number of carbonyl (C=O) groups excluding carboxylic acids is 1. The number of carboxylic acid groups (broad SMARTS) is 1. The van der Waals surface area contributed by atoms with Crippen molar-refractivity contribution in [3.8, 4) is 0 Å². The Morgan fingerprint density at radius 1 is 1.60 bits per heavy atom. The monoisotopic (exact) mass is 282 g/mol. The van der Waals surface area contributed by atoms with Crippen LogP contribution in [-0.4, -0.2) is 41.4 Å². The SMILES string of the molecule is COCC(C)(CC(=O)O)NC(=O)c1cc(C2CC2)on1. The summed E-state index contributed by atoms with van der Waals surface area (Å²) in [5.74, 6) is -0.389. The van der Waals surface area contributed by atoms with Crippen molar-refractivity contribution in [3.05, 3.63) is 17.5 Å². The standard InChI is InChI=1S/C13H18N2O5/c1-13(7-19-2,6-11(16)17)14-12(18)9-5-10(20-15-9)8-3-4-8/h5,8H,3-4,6-7H2,1-2H3,(H,14,18)(H,16,17). The van der Waals surface area contributed by atoms with Crippen LogP contribution in [0.4, 0.5) is 0 Å². The van der Waals surface area contributed by atoms with E-state index in [1.54, 1.807) is 13.0 Å². The summed E-state index contributed by atoms with van der Waals surface area (Å²) in [4.78, 5) is 23.0. The van der Waals surface area contributed by atoms with E-state index in [1.807, 2.05) is 0 Å². The molecule has 0 spiro atoms. The van der Waals surface area contributed by atoms with Crippen molar-refractivity contribution in [3.63, 3.8) is 0 Å². The van der Waals surface area contributed by atoms with Gasteiger partial charge in [-0.25, -0.2) is 0 Å². The van der Waals surface area contributed by atoms with E-state index >= 15 is 0 Å². The van der Waals surface area contributed by atoms with Gasteiger partial charge in [-0.1, -0.05) is 5.16 Å². The third-order valence-electron chi connectivity index (χ3n) is 3.16. The largest absolute Gasteiger partial charge is 0.481 e. The minimum Gasteiger partial charge on any atom is -0.481 e. The highest BCUT2D eigenvalue weighted by Crippen LogP contribution is 2.40. The molecule has 1 unspecified atom stereocenters. The Balaban J connectivity index is 2.04. The molecule has 1 atom stereocenters. The van der Waals surface area contributed by atoms with E-state index in [2.05, 4.69) is 10.5 Å². The lowest BCUT2D eigenvalue weighted by atomic mass is 9.98. The number of nitrogens with one attached hydrogen (secondary N) is 1. The third-order valence-corrected chi connectivity index (χ3v) is 3.16. The predicted octanol–water partition coefficient (Wildman–Crippen LogP) is 1.16. The number of hydrogen-bond acceptors (Lipinski definition) is 5. The number of nitrogens with zero attached hydrogens (tertiary/aromatic N) is 1. The molecule has 0 bridgehead atoms. The van der Waals surface area contributed by atoms with E-state index in [1.165, 1.54) is 7.11 Å². The second kappa shape index (κ2) is 5.62. The molecule has 2 rings (SSSR count). The molecular weight excluding hydrogens is 264 g/mol. The van der Waals surface area contributed by atoms with E-state index in [0.717, 1.165) is 12.8 Å². The molecule has 1 aromatic rings. The Morgan fingerprint density at radius 3 is 2.85 bits per heavy atom. The quantitative estimate of drug-likeness (QED) is 0.778. The van der Waals surface area contributed by atoms with E-state index in [0.29, 0.717) is 11.7 Å². The normalized spacial score (nSPS) is 17.5. The maximum absolute atomic E-state index is 12.1. The molecule has 0 radical (unpaired) electrons. The lowest BCUT2D eigenvalue weighted by Crippen LogP contribution is -2.50. The number of aromatic nitrogens is 1. The Labute approximate surface area is 116 Å². The molecule has 20 heavy (non-hydrogen) atoms. The van der Waals surface area contributed by atoms with Gasteiger partial charge in [0.2, 0.25) is 0 Å². The molecule has 7 nitrogen and oxygen atoms in total. The van der Waals surface area contributed by atoms with Crippen LogP contribution in [0, 0.1) is 0 Å². The van der Waals surface area contributed by atoms with Crippen molar-refractivity contribution >= 4 is 11.9 Å². The van der Waals surface area contributed by atoms with Gasteiger partial charge in [-0.15, -0.1) is 0 Å². The number of aliphatic carboxylic acids is 1. The van der Waals surface area contributed by atoms with Gasteiger partial charge in [0.25, 0.3) is 5.91 Å². The molecule has 1 amide bonds. The average molecular weight is 282 g/mol. The van der Waals surface area contributed by atoms with Gasteiger partial charge in [0.1, 0.15) is 5.76 Å². The van der Waals surface area contributed by atoms with Gasteiger partial charge < -0.3 is 19.7 Å². The van der Waals surface area contributed by atoms with Crippen LogP contribution in [0.2, 0.25) is 0 Å². The first-order valence-electron chi connectivity index (χ1n) is 6.43. The fourth-order valence-electron chi connectivity index (χ4n) is 2.08. The number of carboxylic acids is 1. The fraction of sp³-hybridized carbons (Fsp3) is 0.615. The molecule has 1 aliphatic rings. The van der Waals surface area contributed by atoms with Gasteiger partial charge in [-0.3, -0.25) is 9.59 Å². The minimum atomic E-state index is -1.01. The summed E-state index contributed by atoms with van der Waals surface area (Å²) in [6, 6.07) is 1.61. The number of hydrogen-bond donors (Lipinski definition) is 2. The lowest BCUT2D eigenvalue weighted by molar-refractivity contribution is -0.139. The molecule has 0 saturated heterocycles. The first-order chi connectivity index (χ1) is 9.43. The molecule has 1 heterocycles. The molecule has 0 aromatic carbocycles. The van der Waals surface area contributed by atoms with Gasteiger partial charge in [0, 0.05) is 19.1 Å². The number of methoxy groups -OCH3 is 1. The molecule has 110 valence electrons. The van der Waals surface area contributed by atoms with Crippen LogP contribution in [0.15, 0.2) is 10.6 Å². The summed E-state index contributed by atoms with van der Waals surface area (Å²) in [5.41, 5.74) is -0.823. The minimum absolute atomic E-state index is 0.0956. The zero-order chi connectivity index (χ0) is 14.8. The molecule has 1 aromatic heterocycles. The zero-order valence-electron chi connectivity index (χ0n) is 11.5. The molecule has 2 N–H and O–H groups in total. The Bertz CT molecular complexity index is 509. The van der Waals surface area contributed by atoms with Gasteiger partial charge in [-0.05, 0) is 19.8 Å². The predicted molar refractivity (Wildman–Crippen MR) is 68.5 cm³/mol. The second-order valence-corrected chi connectivity index (χ2v) is 5.41. The fourth-order valence-corrected chi connectivity index (χ4v) is 2.08. The van der Waals surface area contributed by atoms with Crippen LogP contribution in [0.25, 0.3) is 0 Å². The van der Waals surface area contributed by atoms with Crippen LogP contribution >= 0.6 is 0 Å². The van der Waals surface area contributed by atoms with Crippen LogP contribution in [0.3, 0.4) is 0 Å².